The fraction of sp³-hybridized carbons (Fsp3) is 0. The summed E-state index contributed by atoms with van der Waals surface area (Å²) in [6.07, 6.45) is 3.45. The summed E-state index contributed by atoms with van der Waals surface area (Å²) in [7, 11) is 0. The van der Waals surface area contributed by atoms with Crippen molar-refractivity contribution >= 4 is 44.3 Å². The molecule has 0 amide bonds. The second-order valence-electron chi connectivity index (χ2n) is 3.05. The van der Waals surface area contributed by atoms with Crippen LogP contribution in [0.25, 0.3) is 0 Å². The maximum absolute atomic E-state index is 12.0. The van der Waals surface area contributed by atoms with Crippen molar-refractivity contribution < 1.29 is 4.79 Å². The molecular formula is C11H7BrINO. The van der Waals surface area contributed by atoms with Crippen LogP contribution in [0.3, 0.4) is 0 Å². The summed E-state index contributed by atoms with van der Waals surface area (Å²) in [5, 5.41) is 0. The number of halogens is 2. The van der Waals surface area contributed by atoms with E-state index in [-0.39, 0.29) is 5.78 Å². The minimum absolute atomic E-state index is 0.0293. The largest absolute Gasteiger partial charge is 0.367 e. The lowest BCUT2D eigenvalue weighted by Crippen LogP contribution is -2.01. The van der Waals surface area contributed by atoms with E-state index in [4.69, 9.17) is 0 Å². The first-order chi connectivity index (χ1) is 7.18. The van der Waals surface area contributed by atoms with Gasteiger partial charge in [0.1, 0.15) is 0 Å². The van der Waals surface area contributed by atoms with E-state index < -0.39 is 0 Å². The van der Waals surface area contributed by atoms with Crippen LogP contribution in [0.5, 0.6) is 0 Å². The highest BCUT2D eigenvalue weighted by molar-refractivity contribution is 14.1. The van der Waals surface area contributed by atoms with E-state index in [1.807, 2.05) is 18.2 Å². The van der Waals surface area contributed by atoms with E-state index in [0.29, 0.717) is 11.1 Å². The summed E-state index contributed by atoms with van der Waals surface area (Å²) in [5.41, 5.74) is 1.37. The highest BCUT2D eigenvalue weighted by Gasteiger charge is 2.12. The molecule has 0 aliphatic heterocycles. The van der Waals surface area contributed by atoms with Gasteiger partial charge in [0.05, 0.1) is 0 Å². The molecule has 15 heavy (non-hydrogen) atoms. The Morgan fingerprint density at radius 1 is 1.33 bits per heavy atom. The second-order valence-corrected chi connectivity index (χ2v) is 5.15. The Morgan fingerprint density at radius 2 is 2.13 bits per heavy atom. The number of benzene rings is 1. The summed E-state index contributed by atoms with van der Waals surface area (Å²) >= 11 is 5.57. The Labute approximate surface area is 109 Å². The van der Waals surface area contributed by atoms with Gasteiger partial charge in [-0.25, -0.2) is 0 Å². The van der Waals surface area contributed by atoms with Gasteiger partial charge in [-0.2, -0.15) is 0 Å². The highest BCUT2D eigenvalue weighted by atomic mass is 127. The molecule has 0 unspecified atom stereocenters. The van der Waals surface area contributed by atoms with Gasteiger partial charge in [-0.05, 0) is 46.9 Å². The lowest BCUT2D eigenvalue weighted by Gasteiger charge is -2.02. The number of rotatable bonds is 2. The molecule has 4 heteroatoms. The molecule has 0 radical (unpaired) electrons. The Bertz CT molecular complexity index is 493. The summed E-state index contributed by atoms with van der Waals surface area (Å²) < 4.78 is 1.88. The zero-order chi connectivity index (χ0) is 10.8. The first kappa shape index (κ1) is 10.9. The normalized spacial score (nSPS) is 10.3. The average Bonchev–Trinajstić information content (AvgIpc) is 2.74. The van der Waals surface area contributed by atoms with Gasteiger partial charge in [0.2, 0.25) is 0 Å². The molecule has 0 saturated carbocycles. The molecule has 1 N–H and O–H groups in total. The summed E-state index contributed by atoms with van der Waals surface area (Å²) in [4.78, 5) is 14.9. The number of hydrogen-bond acceptors (Lipinski definition) is 1. The zero-order valence-electron chi connectivity index (χ0n) is 7.63. The quantitative estimate of drug-likeness (QED) is 0.631. The Hall–Kier alpha value is -0.620. The van der Waals surface area contributed by atoms with Crippen molar-refractivity contribution in [3.8, 4) is 0 Å². The number of carbonyl (C=O) groups excluding carboxylic acids is 1. The van der Waals surface area contributed by atoms with Crippen molar-refractivity contribution in [2.75, 3.05) is 0 Å². The number of nitrogens with one attached hydrogen (secondary N) is 1. The van der Waals surface area contributed by atoms with E-state index in [0.717, 1.165) is 8.04 Å². The van der Waals surface area contributed by atoms with Crippen LogP contribution < -0.4 is 0 Å². The predicted molar refractivity (Wildman–Crippen MR) is 71.1 cm³/mol. The number of hydrogen-bond donors (Lipinski definition) is 1. The van der Waals surface area contributed by atoms with Crippen LogP contribution in [0.1, 0.15) is 15.9 Å². The number of aromatic nitrogens is 1. The van der Waals surface area contributed by atoms with Crippen LogP contribution in [0.4, 0.5) is 0 Å². The first-order valence-electron chi connectivity index (χ1n) is 4.31. The summed E-state index contributed by atoms with van der Waals surface area (Å²) in [5.74, 6) is 0.0293. The van der Waals surface area contributed by atoms with Crippen LogP contribution in [0.2, 0.25) is 0 Å². The Balaban J connectivity index is 2.46. The van der Waals surface area contributed by atoms with E-state index >= 15 is 0 Å². The van der Waals surface area contributed by atoms with Gasteiger partial charge < -0.3 is 4.98 Å². The Morgan fingerprint density at radius 3 is 2.80 bits per heavy atom. The van der Waals surface area contributed by atoms with Gasteiger partial charge >= 0.3 is 0 Å². The lowest BCUT2D eigenvalue weighted by molar-refractivity contribution is 0.103. The maximum atomic E-state index is 12.0. The molecule has 0 aliphatic rings. The van der Waals surface area contributed by atoms with Crippen molar-refractivity contribution in [2.45, 2.75) is 0 Å². The molecule has 1 heterocycles. The molecule has 0 atom stereocenters. The van der Waals surface area contributed by atoms with Crippen LogP contribution in [0.15, 0.2) is 41.1 Å². The molecule has 1 aromatic heterocycles. The van der Waals surface area contributed by atoms with Gasteiger partial charge in [-0.3, -0.25) is 4.79 Å². The van der Waals surface area contributed by atoms with E-state index in [1.54, 1.807) is 18.5 Å². The van der Waals surface area contributed by atoms with E-state index in [2.05, 4.69) is 43.5 Å². The van der Waals surface area contributed by atoms with E-state index in [9.17, 15) is 4.79 Å². The minimum atomic E-state index is 0.0293. The monoisotopic (exact) mass is 375 g/mol. The molecule has 1 aromatic carbocycles. The van der Waals surface area contributed by atoms with Gasteiger partial charge in [0, 0.05) is 31.6 Å². The van der Waals surface area contributed by atoms with Crippen molar-refractivity contribution in [3.63, 3.8) is 0 Å². The SMILES string of the molecule is O=C(c1cc[nH]c1)c1cc(I)ccc1Br. The van der Waals surface area contributed by atoms with Crippen LogP contribution >= 0.6 is 38.5 Å². The van der Waals surface area contributed by atoms with Crippen LogP contribution in [-0.2, 0) is 0 Å². The standard InChI is InChI=1S/C11H7BrINO/c12-10-2-1-8(13)5-9(10)11(15)7-3-4-14-6-7/h1-6,14H. The lowest BCUT2D eigenvalue weighted by atomic mass is 10.1. The molecule has 0 aliphatic carbocycles. The maximum Gasteiger partial charge on any atom is 0.195 e. The molecule has 2 nitrogen and oxygen atoms in total. The predicted octanol–water partition coefficient (Wildman–Crippen LogP) is 3.61. The number of H-pyrrole nitrogens is 1. The number of carbonyl (C=O) groups is 1. The van der Waals surface area contributed by atoms with Gasteiger partial charge in [-0.15, -0.1) is 0 Å². The Kier molecular flexibility index (Phi) is 3.25. The molecule has 2 rings (SSSR count). The smallest absolute Gasteiger partial charge is 0.195 e. The highest BCUT2D eigenvalue weighted by Crippen LogP contribution is 2.22. The summed E-state index contributed by atoms with van der Waals surface area (Å²) in [6, 6.07) is 7.49. The molecule has 0 saturated heterocycles. The zero-order valence-corrected chi connectivity index (χ0v) is 11.4. The summed E-state index contributed by atoms with van der Waals surface area (Å²) in [6.45, 7) is 0. The molecule has 0 bridgehead atoms. The average molecular weight is 376 g/mol. The van der Waals surface area contributed by atoms with Crippen LogP contribution in [-0.4, -0.2) is 10.8 Å². The molecule has 76 valence electrons. The fourth-order valence-electron chi connectivity index (χ4n) is 1.29. The molecule has 0 spiro atoms. The fourth-order valence-corrected chi connectivity index (χ4v) is 2.21. The number of aromatic amines is 1. The van der Waals surface area contributed by atoms with Crippen LogP contribution in [0, 0.1) is 3.57 Å². The van der Waals surface area contributed by atoms with Crippen molar-refractivity contribution in [1.82, 2.24) is 4.98 Å². The topological polar surface area (TPSA) is 32.9 Å². The van der Waals surface area contributed by atoms with Gasteiger partial charge in [0.15, 0.2) is 5.78 Å². The number of ketones is 1. The van der Waals surface area contributed by atoms with Gasteiger partial charge in [-0.1, -0.05) is 15.9 Å². The third-order valence-electron chi connectivity index (χ3n) is 2.03. The minimum Gasteiger partial charge on any atom is -0.367 e. The third-order valence-corrected chi connectivity index (χ3v) is 3.40. The van der Waals surface area contributed by atoms with E-state index in [1.165, 1.54) is 0 Å². The molecular weight excluding hydrogens is 369 g/mol. The van der Waals surface area contributed by atoms with Crippen molar-refractivity contribution in [2.24, 2.45) is 0 Å². The second kappa shape index (κ2) is 4.49. The third kappa shape index (κ3) is 2.31. The van der Waals surface area contributed by atoms with Crippen molar-refractivity contribution in [3.05, 3.63) is 55.8 Å². The molecule has 2 aromatic rings. The van der Waals surface area contributed by atoms with Crippen molar-refractivity contribution in [1.29, 1.82) is 0 Å². The van der Waals surface area contributed by atoms with Gasteiger partial charge in [0.25, 0.3) is 0 Å². The first-order valence-corrected chi connectivity index (χ1v) is 6.18. The molecule has 0 fully saturated rings.